The van der Waals surface area contributed by atoms with Crippen molar-refractivity contribution in [2.45, 2.75) is 55.6 Å². The molecule has 260 valence electrons. The van der Waals surface area contributed by atoms with Crippen molar-refractivity contribution in [2.24, 2.45) is 5.92 Å². The van der Waals surface area contributed by atoms with Crippen LogP contribution in [0.5, 0.6) is 5.75 Å². The van der Waals surface area contributed by atoms with Crippen LogP contribution in [0.4, 0.5) is 27.6 Å². The Balaban J connectivity index is 1.36. The van der Waals surface area contributed by atoms with Gasteiger partial charge in [0, 0.05) is 55.7 Å². The van der Waals surface area contributed by atoms with Crippen molar-refractivity contribution < 1.29 is 44.6 Å². The molecule has 3 heterocycles. The van der Waals surface area contributed by atoms with Gasteiger partial charge in [-0.3, -0.25) is 9.69 Å². The van der Waals surface area contributed by atoms with Gasteiger partial charge in [0.05, 0.1) is 43.4 Å². The van der Waals surface area contributed by atoms with Crippen molar-refractivity contribution >= 4 is 32.5 Å². The number of hydrogen-bond donors (Lipinski definition) is 2. The number of carbonyl (C=O) groups excluding carboxylic acids is 1. The second-order valence-electron chi connectivity index (χ2n) is 12.1. The molecule has 1 amide bonds. The van der Waals surface area contributed by atoms with Crippen LogP contribution in [0, 0.1) is 23.6 Å². The minimum atomic E-state index is -4.55. The van der Waals surface area contributed by atoms with Crippen molar-refractivity contribution in [3.63, 3.8) is 0 Å². The highest BCUT2D eigenvalue weighted by atomic mass is 32.2. The van der Waals surface area contributed by atoms with E-state index in [1.807, 2.05) is 6.92 Å². The van der Waals surface area contributed by atoms with E-state index in [0.29, 0.717) is 32.5 Å². The smallest absolute Gasteiger partial charge is 0.406 e. The first-order valence-electron chi connectivity index (χ1n) is 15.3. The van der Waals surface area contributed by atoms with Crippen LogP contribution >= 0.6 is 0 Å². The molecule has 2 unspecified atom stereocenters. The zero-order chi connectivity index (χ0) is 34.8. The number of aromatic nitrogens is 2. The summed E-state index contributed by atoms with van der Waals surface area (Å²) < 4.78 is 104. The summed E-state index contributed by atoms with van der Waals surface area (Å²) in [6.45, 7) is 2.24. The molecule has 3 aromatic rings. The Bertz CT molecular complexity index is 1840. The number of halogens is 5. The molecule has 2 fully saturated rings. The number of anilines is 1. The van der Waals surface area contributed by atoms with Crippen molar-refractivity contribution in [2.75, 3.05) is 51.5 Å². The molecule has 2 N–H and O–H groups in total. The molecule has 10 nitrogen and oxygen atoms in total. The number of fused-ring (bicyclic) bond motifs is 1. The second-order valence-corrected chi connectivity index (χ2v) is 14.1. The molecule has 0 bridgehead atoms. The van der Waals surface area contributed by atoms with Gasteiger partial charge in [0.1, 0.15) is 34.7 Å². The number of alkyl halides is 4. The maximum Gasteiger partial charge on any atom is 0.406 e. The van der Waals surface area contributed by atoms with Gasteiger partial charge >= 0.3 is 6.18 Å². The van der Waals surface area contributed by atoms with Gasteiger partial charge in [0.25, 0.3) is 5.91 Å². The first kappa shape index (κ1) is 35.4. The molecule has 0 radical (unpaired) electrons. The fourth-order valence-corrected chi connectivity index (χ4v) is 6.92. The molecule has 1 aromatic heterocycles. The molecule has 48 heavy (non-hydrogen) atoms. The Labute approximate surface area is 274 Å². The summed E-state index contributed by atoms with van der Waals surface area (Å²) in [4.78, 5) is 19.3. The fraction of sp³-hybridized carbons (Fsp3) is 0.500. The lowest BCUT2D eigenvalue weighted by Gasteiger charge is -2.43. The molecule has 0 spiro atoms. The Morgan fingerprint density at radius 2 is 1.98 bits per heavy atom. The van der Waals surface area contributed by atoms with E-state index in [1.54, 1.807) is 0 Å². The third-order valence-corrected chi connectivity index (χ3v) is 9.66. The molecule has 2 aliphatic heterocycles. The molecule has 2 aromatic carbocycles. The summed E-state index contributed by atoms with van der Waals surface area (Å²) in [6.07, 6.45) is -2.59. The summed E-state index contributed by atoms with van der Waals surface area (Å²) in [6, 6.07) is 4.36. The monoisotopic (exact) mass is 697 g/mol. The normalized spacial score (nSPS) is 22.2. The SMILES string of the molecule is COc1cc(S(C)(=O)=O)c(F)cc1NCC#Cc1cc(C(=O)N[C@H]2CCN(C3CCOCC3F)C[C@@H]2C)c2ncn(CC(F)(F)F)c2c1. The van der Waals surface area contributed by atoms with E-state index in [2.05, 4.69) is 32.4 Å². The summed E-state index contributed by atoms with van der Waals surface area (Å²) in [7, 11) is -2.56. The Kier molecular flexibility index (Phi) is 10.5. The maximum absolute atomic E-state index is 14.5. The molecule has 4 atom stereocenters. The molecule has 5 rings (SSSR count). The third kappa shape index (κ3) is 8.19. The minimum absolute atomic E-state index is 0.0293. The van der Waals surface area contributed by atoms with E-state index in [-0.39, 0.29) is 64.8 Å². The predicted molar refractivity (Wildman–Crippen MR) is 168 cm³/mol. The van der Waals surface area contributed by atoms with E-state index in [0.717, 1.165) is 29.3 Å². The zero-order valence-electron chi connectivity index (χ0n) is 26.5. The number of imidazole rings is 1. The number of amides is 1. The van der Waals surface area contributed by atoms with Crippen molar-refractivity contribution in [1.82, 2.24) is 19.8 Å². The number of sulfone groups is 1. The van der Waals surface area contributed by atoms with Crippen LogP contribution in [0.25, 0.3) is 11.0 Å². The number of likely N-dealkylation sites (tertiary alicyclic amines) is 1. The number of nitrogens with zero attached hydrogens (tertiary/aromatic N) is 3. The first-order chi connectivity index (χ1) is 22.6. The van der Waals surface area contributed by atoms with Crippen LogP contribution in [0.1, 0.15) is 35.7 Å². The number of carbonyl (C=O) groups is 1. The molecule has 0 saturated carbocycles. The third-order valence-electron chi connectivity index (χ3n) is 8.55. The van der Waals surface area contributed by atoms with Crippen molar-refractivity contribution in [3.8, 4) is 17.6 Å². The van der Waals surface area contributed by atoms with Crippen molar-refractivity contribution in [3.05, 3.63) is 47.5 Å². The van der Waals surface area contributed by atoms with E-state index in [1.165, 1.54) is 19.2 Å². The second kappa shape index (κ2) is 14.3. The van der Waals surface area contributed by atoms with Gasteiger partial charge < -0.3 is 24.7 Å². The number of piperidine rings is 1. The minimum Gasteiger partial charge on any atom is -0.495 e. The topological polar surface area (TPSA) is 115 Å². The number of rotatable bonds is 8. The lowest BCUT2D eigenvalue weighted by atomic mass is 9.90. The summed E-state index contributed by atoms with van der Waals surface area (Å²) >= 11 is 0. The van der Waals surface area contributed by atoms with E-state index in [9.17, 15) is 35.2 Å². The number of hydrogen-bond acceptors (Lipinski definition) is 8. The fourth-order valence-electron chi connectivity index (χ4n) is 6.18. The molecular formula is C32H36F5N5O5S. The largest absolute Gasteiger partial charge is 0.495 e. The Morgan fingerprint density at radius 1 is 1.21 bits per heavy atom. The molecule has 16 heteroatoms. The molecule has 2 aliphatic rings. The van der Waals surface area contributed by atoms with Gasteiger partial charge in [-0.05, 0) is 30.9 Å². The van der Waals surface area contributed by atoms with E-state index in [4.69, 9.17) is 9.47 Å². The van der Waals surface area contributed by atoms with Crippen LogP contribution in [0.15, 0.2) is 35.5 Å². The number of benzene rings is 2. The Morgan fingerprint density at radius 3 is 2.65 bits per heavy atom. The van der Waals surface area contributed by atoms with Gasteiger partial charge in [0.15, 0.2) is 9.84 Å². The molecule has 2 saturated heterocycles. The van der Waals surface area contributed by atoms with Gasteiger partial charge in [-0.1, -0.05) is 18.8 Å². The highest BCUT2D eigenvalue weighted by Gasteiger charge is 2.36. The van der Waals surface area contributed by atoms with Gasteiger partial charge in [0.2, 0.25) is 0 Å². The van der Waals surface area contributed by atoms with Crippen LogP contribution in [-0.4, -0.2) is 99.4 Å². The van der Waals surface area contributed by atoms with Crippen LogP contribution < -0.4 is 15.4 Å². The van der Waals surface area contributed by atoms with E-state index < -0.39 is 45.3 Å². The lowest BCUT2D eigenvalue weighted by Crippen LogP contribution is -2.56. The highest BCUT2D eigenvalue weighted by molar-refractivity contribution is 7.90. The van der Waals surface area contributed by atoms with Gasteiger partial charge in [-0.25, -0.2) is 22.2 Å². The number of methoxy groups -OCH3 is 1. The standard InChI is InChI=1S/C32H36F5N5O5S/c1-19-15-41(26-7-10-47-16-23(26)34)9-6-24(19)40-31(43)21-11-20(12-27-30(21)39-18-42(27)17-32(35,36)37)5-4-8-38-25-13-22(33)29(48(3,44)45)14-28(25)46-2/h11-14,18-19,23-24,26,38H,6-10,15-17H2,1-3H3,(H,40,43)/t19-,23?,24-,26?/m0/s1. The molecule has 0 aliphatic carbocycles. The van der Waals surface area contributed by atoms with Crippen LogP contribution in [0.3, 0.4) is 0 Å². The lowest BCUT2D eigenvalue weighted by molar-refractivity contribution is -0.139. The van der Waals surface area contributed by atoms with Crippen molar-refractivity contribution in [1.29, 1.82) is 0 Å². The number of ether oxygens (including phenoxy) is 2. The summed E-state index contributed by atoms with van der Waals surface area (Å²) in [5, 5.41) is 5.85. The summed E-state index contributed by atoms with van der Waals surface area (Å²) in [5.74, 6) is 4.16. The highest BCUT2D eigenvalue weighted by Crippen LogP contribution is 2.31. The maximum atomic E-state index is 14.5. The average Bonchev–Trinajstić information content (AvgIpc) is 3.40. The van der Waals surface area contributed by atoms with Gasteiger partial charge in [-0.15, -0.1) is 0 Å². The van der Waals surface area contributed by atoms with Crippen LogP contribution in [-0.2, 0) is 21.1 Å². The zero-order valence-corrected chi connectivity index (χ0v) is 27.4. The van der Waals surface area contributed by atoms with Gasteiger partial charge in [-0.2, -0.15) is 13.2 Å². The number of nitrogens with one attached hydrogen (secondary N) is 2. The quantitative estimate of drug-likeness (QED) is 0.267. The predicted octanol–water partition coefficient (Wildman–Crippen LogP) is 4.18. The summed E-state index contributed by atoms with van der Waals surface area (Å²) in [5.41, 5.74) is 0.566. The van der Waals surface area contributed by atoms with E-state index >= 15 is 0 Å². The Hall–Kier alpha value is -3.94. The van der Waals surface area contributed by atoms with Crippen LogP contribution in [0.2, 0.25) is 0 Å². The molecular weight excluding hydrogens is 661 g/mol. The first-order valence-corrected chi connectivity index (χ1v) is 17.2. The average molecular weight is 698 g/mol.